The maximum absolute atomic E-state index is 14.0. The maximum Gasteiger partial charge on any atom is 0.295 e. The molecule has 0 aliphatic carbocycles. The van der Waals surface area contributed by atoms with Gasteiger partial charge in [-0.25, -0.2) is 0 Å². The van der Waals surface area contributed by atoms with Crippen LogP contribution in [-0.4, -0.2) is 56.0 Å². The average molecular weight is 596 g/mol. The number of morpholine rings is 1. The van der Waals surface area contributed by atoms with E-state index in [2.05, 4.69) is 0 Å². The standard InChI is InChI=1S/C32H32Cl2N2O5/c1-21-18-24(41-20-22-6-3-2-4-7-22)9-10-25(21)30(37)28-29(23-8-11-26(33)27(34)19-23)36(32(39)31(28)38)13-5-12-35-14-16-40-17-15-35/h2-4,6-11,18-19,29,37H,5,12-17,20H2,1H3. The number of benzene rings is 3. The molecule has 5 rings (SSSR count). The Hall–Kier alpha value is -3.36. The predicted octanol–water partition coefficient (Wildman–Crippen LogP) is 3.41. The van der Waals surface area contributed by atoms with Crippen LogP contribution in [0.1, 0.15) is 34.7 Å². The minimum Gasteiger partial charge on any atom is -0.872 e. The van der Waals surface area contributed by atoms with Crippen LogP contribution < -0.4 is 14.7 Å². The van der Waals surface area contributed by atoms with Gasteiger partial charge in [-0.2, -0.15) is 0 Å². The predicted molar refractivity (Wildman–Crippen MR) is 156 cm³/mol. The summed E-state index contributed by atoms with van der Waals surface area (Å²) >= 11 is 12.5. The Morgan fingerprint density at radius 2 is 1.78 bits per heavy atom. The lowest BCUT2D eigenvalue weighted by molar-refractivity contribution is -0.908. The Morgan fingerprint density at radius 1 is 1.02 bits per heavy atom. The van der Waals surface area contributed by atoms with E-state index in [0.29, 0.717) is 60.2 Å². The molecule has 1 unspecified atom stereocenters. The number of carbonyl (C=O) groups excluding carboxylic acids is 2. The molecule has 2 heterocycles. The summed E-state index contributed by atoms with van der Waals surface area (Å²) in [7, 11) is 0. The summed E-state index contributed by atoms with van der Waals surface area (Å²) in [6.07, 6.45) is 0.681. The van der Waals surface area contributed by atoms with Crippen LogP contribution in [0.15, 0.2) is 72.3 Å². The summed E-state index contributed by atoms with van der Waals surface area (Å²) in [6, 6.07) is 19.0. The number of nitrogens with one attached hydrogen (secondary N) is 1. The molecule has 0 aromatic heterocycles. The number of ether oxygens (including phenoxy) is 2. The van der Waals surface area contributed by atoms with E-state index in [-0.39, 0.29) is 10.6 Å². The molecule has 2 saturated heterocycles. The third-order valence-electron chi connectivity index (χ3n) is 7.61. The maximum atomic E-state index is 14.0. The normalized spacial score (nSPS) is 19.1. The Morgan fingerprint density at radius 3 is 2.49 bits per heavy atom. The zero-order chi connectivity index (χ0) is 28.9. The van der Waals surface area contributed by atoms with Crippen molar-refractivity contribution in [1.29, 1.82) is 0 Å². The summed E-state index contributed by atoms with van der Waals surface area (Å²) < 4.78 is 11.4. The number of hydrogen-bond donors (Lipinski definition) is 1. The number of Topliss-reactive ketones (excluding diaryl/α,β-unsaturated/α-hetero) is 1. The van der Waals surface area contributed by atoms with Crippen LogP contribution in [-0.2, 0) is 20.9 Å². The highest BCUT2D eigenvalue weighted by Gasteiger charge is 2.44. The van der Waals surface area contributed by atoms with Gasteiger partial charge in [0.2, 0.25) is 5.78 Å². The van der Waals surface area contributed by atoms with E-state index >= 15 is 0 Å². The van der Waals surface area contributed by atoms with E-state index in [1.165, 1.54) is 9.80 Å². The summed E-state index contributed by atoms with van der Waals surface area (Å²) in [5.74, 6) is -1.33. The topological polar surface area (TPSA) is 83.3 Å². The molecule has 0 radical (unpaired) electrons. The molecule has 2 fully saturated rings. The fraction of sp³-hybridized carbons (Fsp3) is 0.312. The van der Waals surface area contributed by atoms with Gasteiger partial charge in [0, 0.05) is 18.5 Å². The lowest BCUT2D eigenvalue weighted by atomic mass is 9.94. The van der Waals surface area contributed by atoms with Gasteiger partial charge in [-0.1, -0.05) is 71.4 Å². The Balaban J connectivity index is 1.44. The number of quaternary nitrogens is 1. The summed E-state index contributed by atoms with van der Waals surface area (Å²) in [6.45, 7) is 6.59. The zero-order valence-corrected chi connectivity index (χ0v) is 24.3. The van der Waals surface area contributed by atoms with Crippen molar-refractivity contribution in [3.8, 4) is 5.75 Å². The molecule has 0 saturated carbocycles. The minimum atomic E-state index is -0.856. The van der Waals surface area contributed by atoms with Crippen molar-refractivity contribution in [1.82, 2.24) is 4.90 Å². The highest BCUT2D eigenvalue weighted by Crippen LogP contribution is 2.41. The molecule has 2 aliphatic rings. The van der Waals surface area contributed by atoms with E-state index in [9.17, 15) is 14.7 Å². The molecule has 7 nitrogen and oxygen atoms in total. The molecule has 3 aromatic rings. The van der Waals surface area contributed by atoms with Gasteiger partial charge >= 0.3 is 0 Å². The lowest BCUT2D eigenvalue weighted by Gasteiger charge is -2.29. The largest absolute Gasteiger partial charge is 0.872 e. The van der Waals surface area contributed by atoms with Crippen molar-refractivity contribution in [3.63, 3.8) is 0 Å². The van der Waals surface area contributed by atoms with E-state index in [0.717, 1.165) is 25.2 Å². The van der Waals surface area contributed by atoms with Gasteiger partial charge in [-0.15, -0.1) is 0 Å². The number of rotatable bonds is 9. The van der Waals surface area contributed by atoms with Crippen LogP contribution in [0, 0.1) is 6.92 Å². The Labute approximate surface area is 249 Å². The first kappa shape index (κ1) is 29.1. The van der Waals surface area contributed by atoms with Crippen molar-refractivity contribution in [2.45, 2.75) is 26.0 Å². The molecule has 1 atom stereocenters. The molecule has 1 amide bonds. The molecule has 1 N–H and O–H groups in total. The second-order valence-corrected chi connectivity index (χ2v) is 11.2. The first-order valence-electron chi connectivity index (χ1n) is 13.7. The highest BCUT2D eigenvalue weighted by molar-refractivity contribution is 6.46. The molecular formula is C32H32Cl2N2O5. The molecule has 3 aromatic carbocycles. The number of aryl methyl sites for hydroxylation is 1. The van der Waals surface area contributed by atoms with Gasteiger partial charge in [0.25, 0.3) is 5.91 Å². The number of ketones is 1. The van der Waals surface area contributed by atoms with Crippen LogP contribution in [0.25, 0.3) is 5.76 Å². The van der Waals surface area contributed by atoms with Gasteiger partial charge in [0.1, 0.15) is 25.4 Å². The van der Waals surface area contributed by atoms with Crippen LogP contribution >= 0.6 is 23.2 Å². The van der Waals surface area contributed by atoms with Crippen molar-refractivity contribution < 1.29 is 29.1 Å². The smallest absolute Gasteiger partial charge is 0.295 e. The monoisotopic (exact) mass is 594 g/mol. The lowest BCUT2D eigenvalue weighted by Crippen LogP contribution is -3.14. The van der Waals surface area contributed by atoms with Gasteiger partial charge in [-0.3, -0.25) is 9.59 Å². The Bertz CT molecular complexity index is 1450. The molecule has 0 spiro atoms. The van der Waals surface area contributed by atoms with E-state index in [1.54, 1.807) is 43.3 Å². The van der Waals surface area contributed by atoms with Crippen LogP contribution in [0.2, 0.25) is 10.0 Å². The van der Waals surface area contributed by atoms with Gasteiger partial charge in [-0.05, 0) is 53.4 Å². The third-order valence-corrected chi connectivity index (χ3v) is 8.35. The van der Waals surface area contributed by atoms with Crippen molar-refractivity contribution in [2.24, 2.45) is 0 Å². The first-order valence-corrected chi connectivity index (χ1v) is 14.5. The van der Waals surface area contributed by atoms with Crippen LogP contribution in [0.3, 0.4) is 0 Å². The average Bonchev–Trinajstić information content (AvgIpc) is 3.23. The third kappa shape index (κ3) is 6.60. The number of hydrogen-bond acceptors (Lipinski definition) is 5. The number of amides is 1. The second kappa shape index (κ2) is 13.1. The number of nitrogens with zero attached hydrogens (tertiary/aromatic N) is 1. The van der Waals surface area contributed by atoms with Crippen molar-refractivity contribution in [3.05, 3.63) is 105 Å². The van der Waals surface area contributed by atoms with Crippen LogP contribution in [0.5, 0.6) is 5.75 Å². The summed E-state index contributed by atoms with van der Waals surface area (Å²) in [4.78, 5) is 29.6. The Kier molecular flexibility index (Phi) is 9.30. The first-order chi connectivity index (χ1) is 19.8. The van der Waals surface area contributed by atoms with Gasteiger partial charge < -0.3 is 24.4 Å². The number of halogens is 2. The van der Waals surface area contributed by atoms with E-state index < -0.39 is 23.5 Å². The fourth-order valence-electron chi connectivity index (χ4n) is 5.41. The van der Waals surface area contributed by atoms with E-state index in [1.807, 2.05) is 30.3 Å². The zero-order valence-electron chi connectivity index (χ0n) is 22.8. The quantitative estimate of drug-likeness (QED) is 0.233. The highest BCUT2D eigenvalue weighted by atomic mass is 35.5. The number of carbonyl (C=O) groups is 2. The molecule has 41 heavy (non-hydrogen) atoms. The molecule has 0 bridgehead atoms. The molecule has 9 heteroatoms. The SMILES string of the molecule is Cc1cc(OCc2ccccc2)ccc1C([O-])=C1C(=O)C(=O)N(CCC[NH+]2CCOCC2)C1c1ccc(Cl)c(Cl)c1. The molecular weight excluding hydrogens is 563 g/mol. The summed E-state index contributed by atoms with van der Waals surface area (Å²) in [5.41, 5.74) is 2.51. The van der Waals surface area contributed by atoms with E-state index in [4.69, 9.17) is 32.7 Å². The second-order valence-electron chi connectivity index (χ2n) is 10.4. The van der Waals surface area contributed by atoms with Crippen molar-refractivity contribution >= 4 is 40.7 Å². The number of likely N-dealkylation sites (tertiary alicyclic amines) is 1. The molecule has 214 valence electrons. The van der Waals surface area contributed by atoms with Crippen molar-refractivity contribution in [2.75, 3.05) is 39.4 Å². The van der Waals surface area contributed by atoms with Crippen LogP contribution in [0.4, 0.5) is 0 Å². The fourth-order valence-corrected chi connectivity index (χ4v) is 5.71. The summed E-state index contributed by atoms with van der Waals surface area (Å²) in [5, 5.41) is 14.6. The van der Waals surface area contributed by atoms with Gasteiger partial charge in [0.15, 0.2) is 0 Å². The van der Waals surface area contributed by atoms with Gasteiger partial charge in [0.05, 0.1) is 35.8 Å². The minimum absolute atomic E-state index is 0.0758. The molecule has 2 aliphatic heterocycles.